The molecule has 0 fully saturated rings. The molecule has 3 rings (SSSR count). The summed E-state index contributed by atoms with van der Waals surface area (Å²) in [5, 5.41) is 13.4. The number of aromatic nitrogens is 3. The Labute approximate surface area is 169 Å². The molecule has 3 aromatic rings. The Kier molecular flexibility index (Phi) is 6.92. The topological polar surface area (TPSA) is 73.0 Å². The molecule has 7 heteroatoms. The second-order valence-corrected chi connectivity index (χ2v) is 7.80. The van der Waals surface area contributed by atoms with Crippen LogP contribution in [0.2, 0.25) is 0 Å². The molecule has 0 atom stereocenters. The molecule has 0 spiro atoms. The fourth-order valence-corrected chi connectivity index (χ4v) is 3.49. The van der Waals surface area contributed by atoms with Gasteiger partial charge in [0.2, 0.25) is 5.91 Å². The number of fused-ring (bicyclic) bond motifs is 1. The molecular weight excluding hydrogens is 372 g/mol. The molecule has 0 aliphatic heterocycles. The number of aryl methyl sites for hydroxylation is 1. The van der Waals surface area contributed by atoms with E-state index in [0.29, 0.717) is 18.2 Å². The van der Waals surface area contributed by atoms with Gasteiger partial charge in [-0.25, -0.2) is 0 Å². The van der Waals surface area contributed by atoms with Crippen molar-refractivity contribution in [3.05, 3.63) is 48.0 Å². The number of nitrogens with zero attached hydrogens (tertiary/aromatic N) is 3. The summed E-state index contributed by atoms with van der Waals surface area (Å²) in [6.45, 7) is 5.86. The molecule has 0 saturated carbocycles. The number of para-hydroxylation sites is 1. The van der Waals surface area contributed by atoms with Crippen LogP contribution in [0.3, 0.4) is 0 Å². The Morgan fingerprint density at radius 3 is 2.89 bits per heavy atom. The Bertz CT molecular complexity index is 925. The standard InChI is InChI=1S/C21H26N4O2S/c1-15(2)14-25-19(23-24-21(25)28-3)9-6-12-22-20(26)11-10-17-13-16-7-4-5-8-18(16)27-17/h4-5,7-8,10-11,13,15H,6,9,12,14H2,1-3H3,(H,22,26)/b11-10+. The number of hydrogen-bond acceptors (Lipinski definition) is 5. The third kappa shape index (κ3) is 5.25. The molecule has 1 aromatic carbocycles. The van der Waals surface area contributed by atoms with Crippen molar-refractivity contribution >= 4 is 34.7 Å². The lowest BCUT2D eigenvalue weighted by atomic mass is 10.2. The van der Waals surface area contributed by atoms with Gasteiger partial charge in [0.1, 0.15) is 17.2 Å². The second-order valence-electron chi connectivity index (χ2n) is 7.02. The number of carbonyl (C=O) groups excluding carboxylic acids is 1. The lowest BCUT2D eigenvalue weighted by Gasteiger charge is -2.11. The van der Waals surface area contributed by atoms with Gasteiger partial charge in [-0.3, -0.25) is 4.79 Å². The summed E-state index contributed by atoms with van der Waals surface area (Å²) in [5.74, 6) is 2.05. The van der Waals surface area contributed by atoms with E-state index in [0.717, 1.165) is 41.3 Å². The van der Waals surface area contributed by atoms with Crippen molar-refractivity contribution < 1.29 is 9.21 Å². The van der Waals surface area contributed by atoms with Crippen molar-refractivity contribution in [2.24, 2.45) is 5.92 Å². The van der Waals surface area contributed by atoms with Crippen LogP contribution in [-0.2, 0) is 17.8 Å². The second kappa shape index (κ2) is 9.59. The average Bonchev–Trinajstić information content (AvgIpc) is 3.26. The van der Waals surface area contributed by atoms with E-state index >= 15 is 0 Å². The number of furan rings is 1. The van der Waals surface area contributed by atoms with E-state index in [9.17, 15) is 4.79 Å². The van der Waals surface area contributed by atoms with E-state index in [1.165, 1.54) is 6.08 Å². The Hall–Kier alpha value is -2.54. The molecule has 0 saturated heterocycles. The maximum atomic E-state index is 12.0. The first-order chi connectivity index (χ1) is 13.6. The highest BCUT2D eigenvalue weighted by Crippen LogP contribution is 2.19. The summed E-state index contributed by atoms with van der Waals surface area (Å²) in [6.07, 6.45) is 6.81. The molecule has 0 aliphatic rings. The zero-order valence-electron chi connectivity index (χ0n) is 16.5. The average molecular weight is 399 g/mol. The molecule has 0 aliphatic carbocycles. The maximum absolute atomic E-state index is 12.0. The molecule has 6 nitrogen and oxygen atoms in total. The van der Waals surface area contributed by atoms with E-state index in [1.807, 2.05) is 36.6 Å². The third-order valence-corrected chi connectivity index (χ3v) is 4.91. The zero-order valence-corrected chi connectivity index (χ0v) is 17.3. The van der Waals surface area contributed by atoms with Crippen LogP contribution in [-0.4, -0.2) is 33.5 Å². The molecule has 148 valence electrons. The number of amides is 1. The minimum atomic E-state index is -0.131. The van der Waals surface area contributed by atoms with Crippen LogP contribution in [0, 0.1) is 5.92 Å². The summed E-state index contributed by atoms with van der Waals surface area (Å²) in [4.78, 5) is 12.0. The minimum absolute atomic E-state index is 0.131. The van der Waals surface area contributed by atoms with Gasteiger partial charge in [0.05, 0.1) is 0 Å². The Balaban J connectivity index is 1.47. The van der Waals surface area contributed by atoms with E-state index in [4.69, 9.17) is 4.42 Å². The van der Waals surface area contributed by atoms with E-state index in [1.54, 1.807) is 17.8 Å². The maximum Gasteiger partial charge on any atom is 0.244 e. The number of nitrogens with one attached hydrogen (secondary N) is 1. The van der Waals surface area contributed by atoms with Gasteiger partial charge in [-0.1, -0.05) is 43.8 Å². The van der Waals surface area contributed by atoms with Crippen LogP contribution in [0.25, 0.3) is 17.0 Å². The van der Waals surface area contributed by atoms with Crippen LogP contribution >= 0.6 is 11.8 Å². The van der Waals surface area contributed by atoms with E-state index < -0.39 is 0 Å². The summed E-state index contributed by atoms with van der Waals surface area (Å²) >= 11 is 1.61. The summed E-state index contributed by atoms with van der Waals surface area (Å²) in [7, 11) is 0. The lowest BCUT2D eigenvalue weighted by Crippen LogP contribution is -2.23. The largest absolute Gasteiger partial charge is 0.457 e. The summed E-state index contributed by atoms with van der Waals surface area (Å²) in [5.41, 5.74) is 0.817. The van der Waals surface area contributed by atoms with Gasteiger partial charge < -0.3 is 14.3 Å². The molecule has 0 unspecified atom stereocenters. The van der Waals surface area contributed by atoms with Crippen LogP contribution < -0.4 is 5.32 Å². The van der Waals surface area contributed by atoms with Crippen molar-refractivity contribution in [2.45, 2.75) is 38.4 Å². The molecule has 28 heavy (non-hydrogen) atoms. The molecule has 0 radical (unpaired) electrons. The first kappa shape index (κ1) is 20.2. The lowest BCUT2D eigenvalue weighted by molar-refractivity contribution is -0.116. The van der Waals surface area contributed by atoms with Crippen LogP contribution in [0.5, 0.6) is 0 Å². The van der Waals surface area contributed by atoms with Gasteiger partial charge in [0.15, 0.2) is 5.16 Å². The number of carbonyl (C=O) groups is 1. The predicted octanol–water partition coefficient (Wildman–Crippen LogP) is 4.16. The number of hydrogen-bond donors (Lipinski definition) is 1. The summed E-state index contributed by atoms with van der Waals surface area (Å²) in [6, 6.07) is 9.70. The highest BCUT2D eigenvalue weighted by atomic mass is 32.2. The molecule has 2 aromatic heterocycles. The summed E-state index contributed by atoms with van der Waals surface area (Å²) < 4.78 is 7.85. The molecule has 2 heterocycles. The van der Waals surface area contributed by atoms with Crippen molar-refractivity contribution in [2.75, 3.05) is 12.8 Å². The van der Waals surface area contributed by atoms with Crippen molar-refractivity contribution in [1.82, 2.24) is 20.1 Å². The highest BCUT2D eigenvalue weighted by Gasteiger charge is 2.12. The number of rotatable bonds is 9. The van der Waals surface area contributed by atoms with Crippen molar-refractivity contribution in [1.29, 1.82) is 0 Å². The zero-order chi connectivity index (χ0) is 19.9. The monoisotopic (exact) mass is 398 g/mol. The van der Waals surface area contributed by atoms with Crippen molar-refractivity contribution in [3.8, 4) is 0 Å². The van der Waals surface area contributed by atoms with Gasteiger partial charge in [-0.05, 0) is 36.8 Å². The first-order valence-electron chi connectivity index (χ1n) is 9.47. The van der Waals surface area contributed by atoms with Gasteiger partial charge in [-0.15, -0.1) is 10.2 Å². The predicted molar refractivity (Wildman–Crippen MR) is 113 cm³/mol. The quantitative estimate of drug-likeness (QED) is 0.333. The minimum Gasteiger partial charge on any atom is -0.457 e. The van der Waals surface area contributed by atoms with Crippen LogP contribution in [0.15, 0.2) is 46.0 Å². The smallest absolute Gasteiger partial charge is 0.244 e. The highest BCUT2D eigenvalue weighted by molar-refractivity contribution is 7.98. The van der Waals surface area contributed by atoms with Gasteiger partial charge in [0, 0.05) is 31.0 Å². The Morgan fingerprint density at radius 2 is 2.14 bits per heavy atom. The van der Waals surface area contributed by atoms with Gasteiger partial charge in [0.25, 0.3) is 0 Å². The van der Waals surface area contributed by atoms with Crippen LogP contribution in [0.4, 0.5) is 0 Å². The Morgan fingerprint density at radius 1 is 1.32 bits per heavy atom. The molecule has 1 amide bonds. The fourth-order valence-electron chi connectivity index (χ4n) is 2.96. The fraction of sp³-hybridized carbons (Fsp3) is 0.381. The normalized spacial score (nSPS) is 11.7. The molecular formula is C21H26N4O2S. The first-order valence-corrected chi connectivity index (χ1v) is 10.7. The van der Waals surface area contributed by atoms with Crippen molar-refractivity contribution in [3.63, 3.8) is 0 Å². The SMILES string of the molecule is CSc1nnc(CCCNC(=O)/C=C/c2cc3ccccc3o2)n1CC(C)C. The third-order valence-electron chi connectivity index (χ3n) is 4.24. The van der Waals surface area contributed by atoms with Gasteiger partial charge in [-0.2, -0.15) is 0 Å². The van der Waals surface area contributed by atoms with Crippen LogP contribution in [0.1, 0.15) is 31.9 Å². The molecule has 1 N–H and O–H groups in total. The number of thioether (sulfide) groups is 1. The number of benzene rings is 1. The van der Waals surface area contributed by atoms with E-state index in [-0.39, 0.29) is 5.91 Å². The molecule has 0 bridgehead atoms. The van der Waals surface area contributed by atoms with E-state index in [2.05, 4.69) is 33.9 Å². The van der Waals surface area contributed by atoms with Gasteiger partial charge >= 0.3 is 0 Å².